The summed E-state index contributed by atoms with van der Waals surface area (Å²) in [6, 6.07) is 13.9. The van der Waals surface area contributed by atoms with Crippen LogP contribution in [0.4, 0.5) is 0 Å². The Balaban J connectivity index is 1.55. The summed E-state index contributed by atoms with van der Waals surface area (Å²) >= 11 is 1.47. The monoisotopic (exact) mass is 327 g/mol. The molecule has 2 aromatic rings. The molecule has 23 heavy (non-hydrogen) atoms. The van der Waals surface area contributed by atoms with Gasteiger partial charge >= 0.3 is 0 Å². The van der Waals surface area contributed by atoms with Crippen LogP contribution in [0, 0.1) is 0 Å². The predicted molar refractivity (Wildman–Crippen MR) is 93.2 cm³/mol. The summed E-state index contributed by atoms with van der Waals surface area (Å²) in [7, 11) is 0. The van der Waals surface area contributed by atoms with Gasteiger partial charge in [-0.2, -0.15) is 0 Å². The van der Waals surface area contributed by atoms with Crippen molar-refractivity contribution in [2.45, 2.75) is 30.7 Å². The van der Waals surface area contributed by atoms with E-state index in [0.717, 1.165) is 42.2 Å². The van der Waals surface area contributed by atoms with Crippen LogP contribution in [-0.2, 0) is 4.79 Å². The molecule has 0 unspecified atom stereocenters. The lowest BCUT2D eigenvalue weighted by atomic mass is 10.1. The summed E-state index contributed by atoms with van der Waals surface area (Å²) < 4.78 is 0. The molecule has 5 heteroatoms. The summed E-state index contributed by atoms with van der Waals surface area (Å²) in [6.07, 6.45) is 4.73. The van der Waals surface area contributed by atoms with Crippen molar-refractivity contribution in [3.05, 3.63) is 42.5 Å². The van der Waals surface area contributed by atoms with Gasteiger partial charge in [-0.05, 0) is 25.0 Å². The molecule has 0 atom stereocenters. The lowest BCUT2D eigenvalue weighted by Gasteiger charge is -2.19. The Bertz CT molecular complexity index is 622. The fourth-order valence-electron chi connectivity index (χ4n) is 2.71. The van der Waals surface area contributed by atoms with Crippen LogP contribution >= 0.6 is 11.8 Å². The number of hydrogen-bond donors (Lipinski definition) is 0. The maximum absolute atomic E-state index is 12.3. The second-order valence-corrected chi connectivity index (χ2v) is 6.70. The average Bonchev–Trinajstić information content (AvgIpc) is 2.90. The third-order valence-corrected chi connectivity index (χ3v) is 4.92. The number of nitrogens with zero attached hydrogens (tertiary/aromatic N) is 3. The minimum absolute atomic E-state index is 0.214. The first kappa shape index (κ1) is 16.0. The number of carbonyl (C=O) groups is 1. The molecule has 0 N–H and O–H groups in total. The molecule has 1 aliphatic rings. The molecule has 0 saturated carbocycles. The highest BCUT2D eigenvalue weighted by Gasteiger charge is 2.15. The van der Waals surface area contributed by atoms with Gasteiger partial charge in [0.25, 0.3) is 0 Å². The summed E-state index contributed by atoms with van der Waals surface area (Å²) in [5.74, 6) is 0.658. The summed E-state index contributed by atoms with van der Waals surface area (Å²) in [4.78, 5) is 14.3. The molecule has 1 aliphatic heterocycles. The van der Waals surface area contributed by atoms with E-state index in [0.29, 0.717) is 5.75 Å². The second-order valence-electron chi connectivity index (χ2n) is 5.71. The molecule has 2 heterocycles. The van der Waals surface area contributed by atoms with Crippen LogP contribution in [-0.4, -0.2) is 39.8 Å². The number of hydrogen-bond acceptors (Lipinski definition) is 4. The van der Waals surface area contributed by atoms with E-state index in [2.05, 4.69) is 10.2 Å². The highest BCUT2D eigenvalue weighted by Crippen LogP contribution is 2.20. The van der Waals surface area contributed by atoms with Crippen molar-refractivity contribution in [2.75, 3.05) is 18.8 Å². The maximum Gasteiger partial charge on any atom is 0.232 e. The van der Waals surface area contributed by atoms with Gasteiger partial charge in [-0.25, -0.2) is 0 Å². The largest absolute Gasteiger partial charge is 0.342 e. The number of benzene rings is 1. The number of carbonyl (C=O) groups excluding carboxylic acids is 1. The Kier molecular flexibility index (Phi) is 5.64. The van der Waals surface area contributed by atoms with Crippen molar-refractivity contribution < 1.29 is 4.79 Å². The van der Waals surface area contributed by atoms with E-state index in [1.165, 1.54) is 24.6 Å². The number of amides is 1. The van der Waals surface area contributed by atoms with Gasteiger partial charge in [0, 0.05) is 18.7 Å². The van der Waals surface area contributed by atoms with Crippen molar-refractivity contribution in [3.8, 4) is 11.3 Å². The lowest BCUT2D eigenvalue weighted by molar-refractivity contribution is -0.128. The smallest absolute Gasteiger partial charge is 0.232 e. The highest BCUT2D eigenvalue weighted by atomic mass is 32.2. The van der Waals surface area contributed by atoms with Crippen LogP contribution in [0.2, 0.25) is 0 Å². The van der Waals surface area contributed by atoms with Crippen molar-refractivity contribution in [2.24, 2.45) is 0 Å². The molecule has 0 bridgehead atoms. The minimum atomic E-state index is 0.214. The number of aromatic nitrogens is 2. The van der Waals surface area contributed by atoms with Crippen molar-refractivity contribution >= 4 is 17.7 Å². The van der Waals surface area contributed by atoms with E-state index < -0.39 is 0 Å². The summed E-state index contributed by atoms with van der Waals surface area (Å²) in [6.45, 7) is 1.80. The lowest BCUT2D eigenvalue weighted by Crippen LogP contribution is -2.33. The van der Waals surface area contributed by atoms with Gasteiger partial charge in [0.15, 0.2) is 0 Å². The van der Waals surface area contributed by atoms with Crippen molar-refractivity contribution in [1.82, 2.24) is 15.1 Å². The van der Waals surface area contributed by atoms with E-state index in [1.807, 2.05) is 47.4 Å². The molecule has 0 radical (unpaired) electrons. The Labute approximate surface area is 141 Å². The zero-order valence-electron chi connectivity index (χ0n) is 13.1. The molecule has 120 valence electrons. The summed E-state index contributed by atoms with van der Waals surface area (Å²) in [5.41, 5.74) is 1.91. The SMILES string of the molecule is O=C(CSc1ccc(-c2ccccc2)nn1)N1CCCCCC1. The van der Waals surface area contributed by atoms with Gasteiger partial charge in [-0.1, -0.05) is 54.9 Å². The van der Waals surface area contributed by atoms with Crippen molar-refractivity contribution in [1.29, 1.82) is 0 Å². The molecule has 1 saturated heterocycles. The van der Waals surface area contributed by atoms with Crippen LogP contribution in [0.3, 0.4) is 0 Å². The Morgan fingerprint density at radius 3 is 2.35 bits per heavy atom. The van der Waals surface area contributed by atoms with E-state index in [9.17, 15) is 4.79 Å². The van der Waals surface area contributed by atoms with E-state index in [4.69, 9.17) is 0 Å². The molecule has 0 aliphatic carbocycles. The fourth-order valence-corrected chi connectivity index (χ4v) is 3.42. The maximum atomic E-state index is 12.3. The minimum Gasteiger partial charge on any atom is -0.342 e. The Hall–Kier alpha value is -1.88. The fraction of sp³-hybridized carbons (Fsp3) is 0.389. The topological polar surface area (TPSA) is 46.1 Å². The molecule has 1 aromatic carbocycles. The Morgan fingerprint density at radius 2 is 1.70 bits per heavy atom. The number of likely N-dealkylation sites (tertiary alicyclic amines) is 1. The average molecular weight is 327 g/mol. The van der Waals surface area contributed by atoms with Gasteiger partial charge in [0.1, 0.15) is 5.03 Å². The predicted octanol–water partition coefficient (Wildman–Crippen LogP) is 3.64. The van der Waals surface area contributed by atoms with E-state index in [1.54, 1.807) is 0 Å². The van der Waals surface area contributed by atoms with Crippen LogP contribution in [0.25, 0.3) is 11.3 Å². The molecule has 0 spiro atoms. The third kappa shape index (κ3) is 4.55. The van der Waals surface area contributed by atoms with Gasteiger partial charge in [-0.3, -0.25) is 4.79 Å². The molecule has 3 rings (SSSR count). The molecule has 1 fully saturated rings. The van der Waals surface area contributed by atoms with Crippen LogP contribution in [0.5, 0.6) is 0 Å². The molecular formula is C18H21N3OS. The van der Waals surface area contributed by atoms with Crippen LogP contribution < -0.4 is 0 Å². The highest BCUT2D eigenvalue weighted by molar-refractivity contribution is 7.99. The standard InChI is InChI=1S/C18H21N3OS/c22-18(21-12-6-1-2-7-13-21)14-23-17-11-10-16(19-20-17)15-8-4-3-5-9-15/h3-5,8-11H,1-2,6-7,12-14H2. The van der Waals surface area contributed by atoms with E-state index >= 15 is 0 Å². The number of thioether (sulfide) groups is 1. The van der Waals surface area contributed by atoms with Crippen LogP contribution in [0.1, 0.15) is 25.7 Å². The zero-order chi connectivity index (χ0) is 15.9. The van der Waals surface area contributed by atoms with E-state index in [-0.39, 0.29) is 5.91 Å². The van der Waals surface area contributed by atoms with Gasteiger partial charge in [-0.15, -0.1) is 10.2 Å². The molecule has 4 nitrogen and oxygen atoms in total. The van der Waals surface area contributed by atoms with Crippen molar-refractivity contribution in [3.63, 3.8) is 0 Å². The number of rotatable bonds is 4. The molecule has 1 amide bonds. The molecular weight excluding hydrogens is 306 g/mol. The second kappa shape index (κ2) is 8.11. The van der Waals surface area contributed by atoms with Gasteiger partial charge in [0.2, 0.25) is 5.91 Å². The first-order valence-electron chi connectivity index (χ1n) is 8.13. The first-order chi connectivity index (χ1) is 11.3. The summed E-state index contributed by atoms with van der Waals surface area (Å²) in [5, 5.41) is 9.29. The molecule has 1 aromatic heterocycles. The van der Waals surface area contributed by atoms with Gasteiger partial charge < -0.3 is 4.90 Å². The zero-order valence-corrected chi connectivity index (χ0v) is 14.0. The quantitative estimate of drug-likeness (QED) is 0.804. The first-order valence-corrected chi connectivity index (χ1v) is 9.11. The normalized spacial score (nSPS) is 15.2. The van der Waals surface area contributed by atoms with Crippen LogP contribution in [0.15, 0.2) is 47.5 Å². The van der Waals surface area contributed by atoms with Gasteiger partial charge in [0.05, 0.1) is 11.4 Å². The third-order valence-electron chi connectivity index (χ3n) is 4.01. The Morgan fingerprint density at radius 1 is 0.957 bits per heavy atom.